The topological polar surface area (TPSA) is 53.2 Å². The van der Waals surface area contributed by atoms with E-state index in [0.717, 1.165) is 31.6 Å². The average molecular weight is 261 g/mol. The van der Waals surface area contributed by atoms with E-state index < -0.39 is 0 Å². The molecule has 104 valence electrons. The first-order valence-corrected chi connectivity index (χ1v) is 7.15. The minimum Gasteiger partial charge on any atom is -0.335 e. The second kappa shape index (κ2) is 7.14. The summed E-state index contributed by atoms with van der Waals surface area (Å²) in [6.45, 7) is 3.85. The Kier molecular flexibility index (Phi) is 5.21. The van der Waals surface area contributed by atoms with E-state index in [1.165, 1.54) is 18.4 Å². The first-order chi connectivity index (χ1) is 9.28. The van der Waals surface area contributed by atoms with Crippen LogP contribution in [0, 0.1) is 0 Å². The number of nitrogens with one attached hydrogen (secondary N) is 3. The standard InChI is InChI=1S/C15H23N3O/c1-2-16-11-12-6-5-9-14(10-12)18-15(19)17-13-7-3-4-8-13/h5-6,9-10,13,16H,2-4,7-8,11H2,1H3,(H2,17,18,19). The molecule has 0 aliphatic heterocycles. The fourth-order valence-electron chi connectivity index (χ4n) is 2.45. The van der Waals surface area contributed by atoms with Crippen molar-refractivity contribution in [2.75, 3.05) is 11.9 Å². The fourth-order valence-corrected chi connectivity index (χ4v) is 2.45. The molecule has 2 rings (SSSR count). The van der Waals surface area contributed by atoms with Crippen LogP contribution in [0.5, 0.6) is 0 Å². The normalized spacial score (nSPS) is 15.4. The van der Waals surface area contributed by atoms with E-state index in [0.29, 0.717) is 6.04 Å². The number of urea groups is 1. The van der Waals surface area contributed by atoms with Gasteiger partial charge >= 0.3 is 6.03 Å². The van der Waals surface area contributed by atoms with E-state index >= 15 is 0 Å². The summed E-state index contributed by atoms with van der Waals surface area (Å²) >= 11 is 0. The van der Waals surface area contributed by atoms with Crippen molar-refractivity contribution in [1.29, 1.82) is 0 Å². The summed E-state index contributed by atoms with van der Waals surface area (Å²) in [5.74, 6) is 0. The lowest BCUT2D eigenvalue weighted by atomic mass is 10.2. The van der Waals surface area contributed by atoms with Crippen LogP contribution >= 0.6 is 0 Å². The van der Waals surface area contributed by atoms with Crippen LogP contribution in [0.25, 0.3) is 0 Å². The number of carbonyl (C=O) groups is 1. The summed E-state index contributed by atoms with van der Waals surface area (Å²) in [7, 11) is 0. The molecule has 4 nitrogen and oxygen atoms in total. The second-order valence-electron chi connectivity index (χ2n) is 5.06. The van der Waals surface area contributed by atoms with Gasteiger partial charge in [0.2, 0.25) is 0 Å². The van der Waals surface area contributed by atoms with Crippen molar-refractivity contribution in [3.8, 4) is 0 Å². The number of amides is 2. The third kappa shape index (κ3) is 4.56. The molecule has 0 heterocycles. The molecule has 3 N–H and O–H groups in total. The predicted octanol–water partition coefficient (Wildman–Crippen LogP) is 2.86. The molecule has 0 atom stereocenters. The fraction of sp³-hybridized carbons (Fsp3) is 0.533. The lowest BCUT2D eigenvalue weighted by molar-refractivity contribution is 0.248. The molecule has 0 spiro atoms. The first-order valence-electron chi connectivity index (χ1n) is 7.15. The molecule has 0 saturated heterocycles. The molecule has 1 aromatic carbocycles. The number of carbonyl (C=O) groups excluding carboxylic acids is 1. The maximum Gasteiger partial charge on any atom is 0.319 e. The molecule has 1 aromatic rings. The van der Waals surface area contributed by atoms with Gasteiger partial charge in [-0.3, -0.25) is 0 Å². The summed E-state index contributed by atoms with van der Waals surface area (Å²) in [5, 5.41) is 9.21. The summed E-state index contributed by atoms with van der Waals surface area (Å²) in [5.41, 5.74) is 2.03. The van der Waals surface area contributed by atoms with Crippen molar-refractivity contribution in [3.63, 3.8) is 0 Å². The van der Waals surface area contributed by atoms with Crippen molar-refractivity contribution in [2.24, 2.45) is 0 Å². The molecule has 4 heteroatoms. The van der Waals surface area contributed by atoms with Crippen LogP contribution in [0.4, 0.5) is 10.5 Å². The molecule has 0 radical (unpaired) electrons. The Labute approximate surface area is 115 Å². The zero-order chi connectivity index (χ0) is 13.5. The number of benzene rings is 1. The highest BCUT2D eigenvalue weighted by Gasteiger charge is 2.16. The zero-order valence-corrected chi connectivity index (χ0v) is 11.5. The van der Waals surface area contributed by atoms with Crippen molar-refractivity contribution in [3.05, 3.63) is 29.8 Å². The Morgan fingerprint density at radius 2 is 2.11 bits per heavy atom. The Morgan fingerprint density at radius 1 is 1.32 bits per heavy atom. The first kappa shape index (κ1) is 13.9. The molecule has 1 saturated carbocycles. The van der Waals surface area contributed by atoms with Crippen LogP contribution < -0.4 is 16.0 Å². The number of rotatable bonds is 5. The highest BCUT2D eigenvalue weighted by Crippen LogP contribution is 2.18. The molecule has 0 unspecified atom stereocenters. The average Bonchev–Trinajstić information content (AvgIpc) is 2.89. The molecular weight excluding hydrogens is 238 g/mol. The third-order valence-corrected chi connectivity index (χ3v) is 3.45. The van der Waals surface area contributed by atoms with Crippen LogP contribution in [0.15, 0.2) is 24.3 Å². The van der Waals surface area contributed by atoms with Crippen LogP contribution in [-0.4, -0.2) is 18.6 Å². The van der Waals surface area contributed by atoms with Gasteiger partial charge in [0.15, 0.2) is 0 Å². The van der Waals surface area contributed by atoms with Crippen LogP contribution in [0.3, 0.4) is 0 Å². The van der Waals surface area contributed by atoms with E-state index in [2.05, 4.69) is 28.9 Å². The zero-order valence-electron chi connectivity index (χ0n) is 11.5. The Bertz CT molecular complexity index is 414. The van der Waals surface area contributed by atoms with Gasteiger partial charge in [-0.1, -0.05) is 31.9 Å². The predicted molar refractivity (Wildman–Crippen MR) is 78.2 cm³/mol. The summed E-state index contributed by atoms with van der Waals surface area (Å²) < 4.78 is 0. The largest absolute Gasteiger partial charge is 0.335 e. The molecule has 1 aliphatic carbocycles. The van der Waals surface area contributed by atoms with E-state index in [1.807, 2.05) is 18.2 Å². The number of hydrogen-bond donors (Lipinski definition) is 3. The molecule has 0 bridgehead atoms. The van der Waals surface area contributed by atoms with Gasteiger partial charge in [-0.2, -0.15) is 0 Å². The minimum absolute atomic E-state index is 0.0903. The van der Waals surface area contributed by atoms with Gasteiger partial charge in [0.1, 0.15) is 0 Å². The lowest BCUT2D eigenvalue weighted by Gasteiger charge is -2.13. The Morgan fingerprint density at radius 3 is 2.84 bits per heavy atom. The third-order valence-electron chi connectivity index (χ3n) is 3.45. The lowest BCUT2D eigenvalue weighted by Crippen LogP contribution is -2.36. The van der Waals surface area contributed by atoms with Gasteiger partial charge in [0.25, 0.3) is 0 Å². The van der Waals surface area contributed by atoms with Crippen LogP contribution in [0.2, 0.25) is 0 Å². The monoisotopic (exact) mass is 261 g/mol. The summed E-state index contributed by atoms with van der Waals surface area (Å²) in [4.78, 5) is 11.9. The van der Waals surface area contributed by atoms with Gasteiger partial charge in [0, 0.05) is 18.3 Å². The quantitative estimate of drug-likeness (QED) is 0.763. The molecule has 1 aliphatic rings. The van der Waals surface area contributed by atoms with Gasteiger partial charge in [0.05, 0.1) is 0 Å². The van der Waals surface area contributed by atoms with E-state index in [1.54, 1.807) is 0 Å². The van der Waals surface area contributed by atoms with Crippen LogP contribution in [-0.2, 0) is 6.54 Å². The molecule has 19 heavy (non-hydrogen) atoms. The Hall–Kier alpha value is -1.55. The molecule has 0 aromatic heterocycles. The summed E-state index contributed by atoms with van der Waals surface area (Å²) in [6.07, 6.45) is 4.66. The van der Waals surface area contributed by atoms with Crippen molar-refractivity contribution >= 4 is 11.7 Å². The van der Waals surface area contributed by atoms with E-state index in [9.17, 15) is 4.79 Å². The molecular formula is C15H23N3O. The summed E-state index contributed by atoms with van der Waals surface area (Å²) in [6, 6.07) is 8.22. The SMILES string of the molecule is CCNCc1cccc(NC(=O)NC2CCCC2)c1. The van der Waals surface area contributed by atoms with E-state index in [4.69, 9.17) is 0 Å². The van der Waals surface area contributed by atoms with Crippen molar-refractivity contribution < 1.29 is 4.79 Å². The van der Waals surface area contributed by atoms with Crippen molar-refractivity contribution in [1.82, 2.24) is 10.6 Å². The highest BCUT2D eigenvalue weighted by atomic mass is 16.2. The number of anilines is 1. The van der Waals surface area contributed by atoms with Crippen molar-refractivity contribution in [2.45, 2.75) is 45.2 Å². The van der Waals surface area contributed by atoms with Gasteiger partial charge < -0.3 is 16.0 Å². The maximum absolute atomic E-state index is 11.9. The van der Waals surface area contributed by atoms with Gasteiger partial charge in [-0.25, -0.2) is 4.79 Å². The highest BCUT2D eigenvalue weighted by molar-refractivity contribution is 5.89. The minimum atomic E-state index is -0.0903. The smallest absolute Gasteiger partial charge is 0.319 e. The Balaban J connectivity index is 1.85. The van der Waals surface area contributed by atoms with Gasteiger partial charge in [-0.15, -0.1) is 0 Å². The maximum atomic E-state index is 11.9. The number of hydrogen-bond acceptors (Lipinski definition) is 2. The van der Waals surface area contributed by atoms with Gasteiger partial charge in [-0.05, 0) is 37.1 Å². The van der Waals surface area contributed by atoms with Crippen LogP contribution in [0.1, 0.15) is 38.2 Å². The molecule has 2 amide bonds. The second-order valence-corrected chi connectivity index (χ2v) is 5.06. The van der Waals surface area contributed by atoms with E-state index in [-0.39, 0.29) is 6.03 Å². The molecule has 1 fully saturated rings.